The van der Waals surface area contributed by atoms with Crippen LogP contribution in [-0.4, -0.2) is 24.3 Å². The Hall–Kier alpha value is -2.37. The highest BCUT2D eigenvalue weighted by atomic mass is 35.5. The predicted molar refractivity (Wildman–Crippen MR) is 116 cm³/mol. The summed E-state index contributed by atoms with van der Waals surface area (Å²) >= 11 is 8.11. The molecule has 1 aromatic heterocycles. The normalized spacial score (nSPS) is 14.2. The van der Waals surface area contributed by atoms with E-state index in [0.29, 0.717) is 0 Å². The minimum Gasteiger partial charge on any atom is -0.371 e. The third kappa shape index (κ3) is 3.99. The molecule has 1 fully saturated rings. The van der Waals surface area contributed by atoms with E-state index in [4.69, 9.17) is 11.6 Å². The Morgan fingerprint density at radius 2 is 1.93 bits per heavy atom. The van der Waals surface area contributed by atoms with Gasteiger partial charge in [0.05, 0.1) is 16.9 Å². The first-order chi connectivity index (χ1) is 13.2. The van der Waals surface area contributed by atoms with Crippen LogP contribution in [0.5, 0.6) is 0 Å². The number of nitrogens with one attached hydrogen (secondary N) is 1. The van der Waals surface area contributed by atoms with Crippen LogP contribution in [0.1, 0.15) is 24.0 Å². The molecule has 138 valence electrons. The molecule has 1 N–H and O–H groups in total. The molecule has 1 aliphatic heterocycles. The molecule has 0 saturated carbocycles. The van der Waals surface area contributed by atoms with Gasteiger partial charge >= 0.3 is 0 Å². The van der Waals surface area contributed by atoms with E-state index >= 15 is 0 Å². The number of hydrogen-bond donors (Lipinski definition) is 1. The van der Waals surface area contributed by atoms with Crippen LogP contribution < -0.4 is 10.3 Å². The number of hydrogen-bond acceptors (Lipinski definition) is 5. The Bertz CT molecular complexity index is 946. The highest BCUT2D eigenvalue weighted by molar-refractivity contribution is 7.14. The van der Waals surface area contributed by atoms with Crippen molar-refractivity contribution in [3.05, 3.63) is 64.0 Å². The van der Waals surface area contributed by atoms with Crippen molar-refractivity contribution in [1.82, 2.24) is 4.98 Å². The van der Waals surface area contributed by atoms with E-state index in [1.54, 1.807) is 6.21 Å². The van der Waals surface area contributed by atoms with Crippen molar-refractivity contribution in [2.75, 3.05) is 23.4 Å². The van der Waals surface area contributed by atoms with Gasteiger partial charge in [0.15, 0.2) is 0 Å². The summed E-state index contributed by atoms with van der Waals surface area (Å²) in [6.45, 7) is 4.30. The highest BCUT2D eigenvalue weighted by Crippen LogP contribution is 2.31. The number of halogens is 1. The minimum absolute atomic E-state index is 0.756. The second-order valence-electron chi connectivity index (χ2n) is 6.58. The van der Waals surface area contributed by atoms with Gasteiger partial charge in [0, 0.05) is 35.3 Å². The van der Waals surface area contributed by atoms with Gasteiger partial charge in [-0.25, -0.2) is 4.98 Å². The van der Waals surface area contributed by atoms with Crippen molar-refractivity contribution in [3.8, 4) is 11.3 Å². The summed E-state index contributed by atoms with van der Waals surface area (Å²) in [7, 11) is 0. The second-order valence-corrected chi connectivity index (χ2v) is 7.82. The van der Waals surface area contributed by atoms with E-state index in [9.17, 15) is 0 Å². The quantitative estimate of drug-likeness (QED) is 0.436. The van der Waals surface area contributed by atoms with Crippen LogP contribution in [0.4, 0.5) is 10.8 Å². The molecule has 0 bridgehead atoms. The third-order valence-corrected chi connectivity index (χ3v) is 6.02. The molecule has 3 aromatic rings. The Kier molecular flexibility index (Phi) is 5.41. The molecule has 27 heavy (non-hydrogen) atoms. The van der Waals surface area contributed by atoms with Gasteiger partial charge in [0.1, 0.15) is 0 Å². The average Bonchev–Trinajstić information content (AvgIpc) is 3.38. The smallest absolute Gasteiger partial charge is 0.203 e. The van der Waals surface area contributed by atoms with Crippen LogP contribution in [0.15, 0.2) is 52.9 Å². The van der Waals surface area contributed by atoms with Gasteiger partial charge < -0.3 is 4.90 Å². The van der Waals surface area contributed by atoms with Gasteiger partial charge in [-0.05, 0) is 37.5 Å². The number of nitrogens with zero attached hydrogens (tertiary/aromatic N) is 3. The van der Waals surface area contributed by atoms with Crippen molar-refractivity contribution >= 4 is 40.0 Å². The summed E-state index contributed by atoms with van der Waals surface area (Å²) in [4.78, 5) is 6.98. The van der Waals surface area contributed by atoms with Gasteiger partial charge in [0.2, 0.25) is 5.13 Å². The first-order valence-corrected chi connectivity index (χ1v) is 10.3. The monoisotopic (exact) mass is 396 g/mol. The molecule has 0 unspecified atom stereocenters. The summed E-state index contributed by atoms with van der Waals surface area (Å²) in [5, 5.41) is 7.86. The lowest BCUT2D eigenvalue weighted by Gasteiger charge is -2.21. The van der Waals surface area contributed by atoms with Crippen LogP contribution >= 0.6 is 22.9 Å². The number of anilines is 2. The molecule has 2 aromatic carbocycles. The Morgan fingerprint density at radius 3 is 2.70 bits per heavy atom. The first-order valence-electron chi connectivity index (χ1n) is 9.06. The number of hydrazone groups is 1. The number of benzene rings is 2. The van der Waals surface area contributed by atoms with E-state index in [0.717, 1.165) is 45.6 Å². The summed E-state index contributed by atoms with van der Waals surface area (Å²) < 4.78 is 0. The summed E-state index contributed by atoms with van der Waals surface area (Å²) in [6, 6.07) is 14.3. The molecule has 2 heterocycles. The Balaban J connectivity index is 1.46. The van der Waals surface area contributed by atoms with E-state index < -0.39 is 0 Å². The maximum atomic E-state index is 6.58. The number of rotatable bonds is 5. The Labute approximate surface area is 168 Å². The first kappa shape index (κ1) is 18.0. The predicted octanol–water partition coefficient (Wildman–Crippen LogP) is 5.82. The molecule has 0 radical (unpaired) electrons. The maximum absolute atomic E-state index is 6.58. The Morgan fingerprint density at radius 1 is 1.15 bits per heavy atom. The van der Waals surface area contributed by atoms with Gasteiger partial charge in [-0.2, -0.15) is 5.10 Å². The fourth-order valence-corrected chi connectivity index (χ4v) is 4.20. The molecule has 4 nitrogen and oxygen atoms in total. The van der Waals surface area contributed by atoms with Crippen LogP contribution in [0.3, 0.4) is 0 Å². The van der Waals surface area contributed by atoms with Gasteiger partial charge in [-0.15, -0.1) is 11.3 Å². The van der Waals surface area contributed by atoms with E-state index in [-0.39, 0.29) is 0 Å². The lowest BCUT2D eigenvalue weighted by atomic mass is 10.1. The molecule has 0 aliphatic carbocycles. The summed E-state index contributed by atoms with van der Waals surface area (Å²) in [5.74, 6) is 0. The van der Waals surface area contributed by atoms with Gasteiger partial charge in [0.25, 0.3) is 0 Å². The zero-order valence-electron chi connectivity index (χ0n) is 15.2. The molecule has 6 heteroatoms. The highest BCUT2D eigenvalue weighted by Gasteiger charge is 2.16. The van der Waals surface area contributed by atoms with E-state index in [1.807, 2.05) is 41.8 Å². The summed E-state index contributed by atoms with van der Waals surface area (Å²) in [5.41, 5.74) is 8.31. The van der Waals surface area contributed by atoms with E-state index in [1.165, 1.54) is 29.9 Å². The SMILES string of the molecule is Cc1c(N2CCCC2)ccc(C=NNc2nc(-c3ccccc3)cs2)c1Cl. The molecule has 1 aliphatic rings. The van der Waals surface area contributed by atoms with Crippen molar-refractivity contribution < 1.29 is 0 Å². The topological polar surface area (TPSA) is 40.5 Å². The lowest BCUT2D eigenvalue weighted by molar-refractivity contribution is 0.949. The zero-order valence-corrected chi connectivity index (χ0v) is 16.7. The van der Waals surface area contributed by atoms with Crippen molar-refractivity contribution in [3.63, 3.8) is 0 Å². The molecule has 0 spiro atoms. The van der Waals surface area contributed by atoms with Crippen LogP contribution in [0.2, 0.25) is 5.02 Å². The maximum Gasteiger partial charge on any atom is 0.203 e. The van der Waals surface area contributed by atoms with Gasteiger partial charge in [-0.3, -0.25) is 5.43 Å². The molecular weight excluding hydrogens is 376 g/mol. The largest absolute Gasteiger partial charge is 0.371 e. The molecule has 0 atom stereocenters. The second kappa shape index (κ2) is 8.11. The molecule has 0 amide bonds. The van der Waals surface area contributed by atoms with Gasteiger partial charge in [-0.1, -0.05) is 41.9 Å². The average molecular weight is 397 g/mol. The van der Waals surface area contributed by atoms with Crippen molar-refractivity contribution in [2.45, 2.75) is 19.8 Å². The van der Waals surface area contributed by atoms with Crippen LogP contribution in [0.25, 0.3) is 11.3 Å². The standard InChI is InChI=1S/C21H21ClN4S/c1-15-19(26-11-5-6-12-26)10-9-17(20(15)22)13-23-25-21-24-18(14-27-21)16-7-3-2-4-8-16/h2-4,7-10,13-14H,5-6,11-12H2,1H3,(H,24,25). The third-order valence-electron chi connectivity index (χ3n) is 4.77. The molecule has 1 saturated heterocycles. The van der Waals surface area contributed by atoms with E-state index in [2.05, 4.69) is 33.4 Å². The number of aromatic nitrogens is 1. The fourth-order valence-electron chi connectivity index (χ4n) is 3.32. The minimum atomic E-state index is 0.756. The molecular formula is C21H21ClN4S. The lowest BCUT2D eigenvalue weighted by Crippen LogP contribution is -2.18. The number of thiazole rings is 1. The van der Waals surface area contributed by atoms with Crippen LogP contribution in [-0.2, 0) is 0 Å². The van der Waals surface area contributed by atoms with Crippen LogP contribution in [0, 0.1) is 6.92 Å². The fraction of sp³-hybridized carbons (Fsp3) is 0.238. The summed E-state index contributed by atoms with van der Waals surface area (Å²) in [6.07, 6.45) is 4.26. The van der Waals surface area contributed by atoms with Crippen molar-refractivity contribution in [2.24, 2.45) is 5.10 Å². The van der Waals surface area contributed by atoms with Crippen molar-refractivity contribution in [1.29, 1.82) is 0 Å². The zero-order chi connectivity index (χ0) is 18.6. The molecule has 4 rings (SSSR count).